The van der Waals surface area contributed by atoms with Gasteiger partial charge in [-0.25, -0.2) is 14.4 Å². The van der Waals surface area contributed by atoms with Crippen LogP contribution < -0.4 is 15.1 Å². The predicted octanol–water partition coefficient (Wildman–Crippen LogP) is 2.93. The Hall–Kier alpha value is -2.88. The Bertz CT molecular complexity index is 884. The summed E-state index contributed by atoms with van der Waals surface area (Å²) in [5, 5.41) is 3.20. The van der Waals surface area contributed by atoms with Gasteiger partial charge in [0.2, 0.25) is 6.29 Å². The van der Waals surface area contributed by atoms with E-state index in [4.69, 9.17) is 0 Å². The summed E-state index contributed by atoms with van der Waals surface area (Å²) in [6.07, 6.45) is 0.671. The van der Waals surface area contributed by atoms with Crippen molar-refractivity contribution in [2.75, 3.05) is 36.0 Å². The Morgan fingerprint density at radius 1 is 1.07 bits per heavy atom. The van der Waals surface area contributed by atoms with Crippen molar-refractivity contribution in [3.63, 3.8) is 0 Å². The molecule has 2 aliphatic heterocycles. The second-order valence-corrected chi connectivity index (χ2v) is 6.48. The average molecular weight is 394 g/mol. The van der Waals surface area contributed by atoms with Gasteiger partial charge in [-0.1, -0.05) is 0 Å². The van der Waals surface area contributed by atoms with Crippen molar-refractivity contribution in [3.8, 4) is 0 Å². The minimum atomic E-state index is -4.63. The average Bonchev–Trinajstić information content (AvgIpc) is 3.21. The van der Waals surface area contributed by atoms with Crippen LogP contribution in [-0.4, -0.2) is 48.1 Å². The highest BCUT2D eigenvalue weighted by Crippen LogP contribution is 2.40. The lowest BCUT2D eigenvalue weighted by Gasteiger charge is -2.37. The highest BCUT2D eigenvalue weighted by atomic mass is 19.4. The number of nitrogens with one attached hydrogen (secondary N) is 1. The highest BCUT2D eigenvalue weighted by molar-refractivity contribution is 5.77. The molecule has 0 saturated carbocycles. The molecule has 1 saturated heterocycles. The van der Waals surface area contributed by atoms with Crippen molar-refractivity contribution < 1.29 is 17.6 Å². The summed E-state index contributed by atoms with van der Waals surface area (Å²) in [6.45, 7) is 2.75. The van der Waals surface area contributed by atoms with Gasteiger partial charge in [0.15, 0.2) is 0 Å². The van der Waals surface area contributed by atoms with Gasteiger partial charge in [-0.2, -0.15) is 13.2 Å². The molecule has 0 spiro atoms. The number of allylic oxidation sites excluding steroid dienone is 2. The fourth-order valence-electron chi connectivity index (χ4n) is 3.39. The number of nitrogens with zero attached hydrogens (tertiary/aromatic N) is 5. The molecule has 6 nitrogen and oxygen atoms in total. The first-order valence-corrected chi connectivity index (χ1v) is 8.77. The molecule has 0 amide bonds. The van der Waals surface area contributed by atoms with Gasteiger partial charge in [0, 0.05) is 56.2 Å². The molecule has 1 N–H and O–H groups in total. The maximum atomic E-state index is 14.4. The first-order chi connectivity index (χ1) is 13.4. The molecule has 1 aromatic carbocycles. The molecule has 0 aliphatic carbocycles. The Balaban J connectivity index is 1.79. The summed E-state index contributed by atoms with van der Waals surface area (Å²) in [5.74, 6) is -0.605. The number of aliphatic imine (C=N–C) groups is 1. The van der Waals surface area contributed by atoms with Crippen molar-refractivity contribution in [2.45, 2.75) is 12.5 Å². The number of halogens is 4. The van der Waals surface area contributed by atoms with Gasteiger partial charge >= 0.3 is 6.18 Å². The van der Waals surface area contributed by atoms with E-state index in [1.807, 2.05) is 4.90 Å². The van der Waals surface area contributed by atoms with Gasteiger partial charge in [-0.15, -0.1) is 0 Å². The van der Waals surface area contributed by atoms with E-state index in [0.717, 1.165) is 36.3 Å². The van der Waals surface area contributed by atoms with Crippen LogP contribution in [0.25, 0.3) is 0 Å². The topological polar surface area (TPSA) is 48.7 Å². The molecular weight excluding hydrogens is 376 g/mol. The molecule has 10 heteroatoms. The Morgan fingerprint density at radius 3 is 2.50 bits per heavy atom. The van der Waals surface area contributed by atoms with E-state index in [1.165, 1.54) is 29.4 Å². The van der Waals surface area contributed by atoms with E-state index >= 15 is 0 Å². The number of rotatable bonds is 3. The summed E-state index contributed by atoms with van der Waals surface area (Å²) in [6, 6.07) is 4.00. The van der Waals surface area contributed by atoms with Crippen molar-refractivity contribution >= 4 is 17.6 Å². The molecule has 0 radical (unpaired) electrons. The number of aromatic nitrogens is 2. The number of hydrogen-bond acceptors (Lipinski definition) is 5. The first-order valence-electron chi connectivity index (χ1n) is 8.77. The molecule has 2 aliphatic rings. The molecule has 4 rings (SSSR count). The van der Waals surface area contributed by atoms with E-state index < -0.39 is 24.0 Å². The normalized spacial score (nSPS) is 20.4. The summed E-state index contributed by atoms with van der Waals surface area (Å²) < 4.78 is 57.1. The van der Waals surface area contributed by atoms with E-state index in [2.05, 4.69) is 15.3 Å². The molecular formula is C18H18F4N6. The molecule has 1 atom stereocenters. The summed E-state index contributed by atoms with van der Waals surface area (Å²) in [5.41, 5.74) is -0.303. The standard InChI is InChI=1S/C18H18F4N6/c19-13-9-14(26-6-3-23-4-7-26)11-15(10-13)28-16(18(20,21)22)1-2-25-17(28)27-8-5-24-12-27/h1-2,5,8-12,17,23H,3-4,6-7H2. The van der Waals surface area contributed by atoms with Gasteiger partial charge in [0.25, 0.3) is 0 Å². The van der Waals surface area contributed by atoms with Crippen LogP contribution in [0.3, 0.4) is 0 Å². The number of imidazole rings is 1. The summed E-state index contributed by atoms with van der Waals surface area (Å²) in [7, 11) is 0. The molecule has 148 valence electrons. The van der Waals surface area contributed by atoms with E-state index in [1.54, 1.807) is 6.07 Å². The molecule has 2 aromatic rings. The molecule has 1 aromatic heterocycles. The van der Waals surface area contributed by atoms with Gasteiger partial charge in [0.1, 0.15) is 11.5 Å². The number of anilines is 2. The third-order valence-electron chi connectivity index (χ3n) is 4.65. The van der Waals surface area contributed by atoms with Crippen LogP contribution in [0.5, 0.6) is 0 Å². The maximum Gasteiger partial charge on any atom is 0.431 e. The Labute approximate surface area is 158 Å². The van der Waals surface area contributed by atoms with E-state index in [-0.39, 0.29) is 5.69 Å². The Morgan fingerprint density at radius 2 is 1.82 bits per heavy atom. The van der Waals surface area contributed by atoms with Gasteiger partial charge in [-0.05, 0) is 24.3 Å². The zero-order valence-corrected chi connectivity index (χ0v) is 14.8. The number of piperazine rings is 1. The van der Waals surface area contributed by atoms with Crippen molar-refractivity contribution in [2.24, 2.45) is 4.99 Å². The second kappa shape index (κ2) is 7.27. The molecule has 1 fully saturated rings. The van der Waals surface area contributed by atoms with Crippen molar-refractivity contribution in [3.05, 3.63) is 54.5 Å². The zero-order chi connectivity index (χ0) is 19.7. The van der Waals surface area contributed by atoms with Gasteiger partial charge in [-0.3, -0.25) is 9.47 Å². The van der Waals surface area contributed by atoms with Crippen LogP contribution >= 0.6 is 0 Å². The molecule has 0 bridgehead atoms. The third kappa shape index (κ3) is 3.59. The Kier molecular flexibility index (Phi) is 4.80. The van der Waals surface area contributed by atoms with Crippen molar-refractivity contribution in [1.29, 1.82) is 0 Å². The maximum absolute atomic E-state index is 14.4. The van der Waals surface area contributed by atoms with E-state index in [9.17, 15) is 17.6 Å². The zero-order valence-electron chi connectivity index (χ0n) is 14.8. The molecule has 28 heavy (non-hydrogen) atoms. The molecule has 3 heterocycles. The van der Waals surface area contributed by atoms with E-state index in [0.29, 0.717) is 18.8 Å². The lowest BCUT2D eigenvalue weighted by molar-refractivity contribution is -0.0947. The number of hydrogen-bond donors (Lipinski definition) is 1. The smallest absolute Gasteiger partial charge is 0.369 e. The van der Waals surface area contributed by atoms with Crippen LogP contribution in [0.15, 0.2) is 53.7 Å². The minimum Gasteiger partial charge on any atom is -0.369 e. The number of alkyl halides is 3. The largest absolute Gasteiger partial charge is 0.431 e. The van der Waals surface area contributed by atoms with Gasteiger partial charge < -0.3 is 10.2 Å². The van der Waals surface area contributed by atoms with Crippen molar-refractivity contribution in [1.82, 2.24) is 14.9 Å². The lowest BCUT2D eigenvalue weighted by Crippen LogP contribution is -2.43. The predicted molar refractivity (Wildman–Crippen MR) is 97.9 cm³/mol. The SMILES string of the molecule is Fc1cc(N2CCNCC2)cc(N2C(C(F)(F)F)=CC=NC2n2ccnc2)c1. The van der Waals surface area contributed by atoms with Crippen LogP contribution in [0.4, 0.5) is 28.9 Å². The fourth-order valence-corrected chi connectivity index (χ4v) is 3.39. The van der Waals surface area contributed by atoms with Crippen LogP contribution in [0.1, 0.15) is 6.29 Å². The lowest BCUT2D eigenvalue weighted by atomic mass is 10.2. The first kappa shape index (κ1) is 18.5. The third-order valence-corrected chi connectivity index (χ3v) is 4.65. The minimum absolute atomic E-state index is 0.0765. The monoisotopic (exact) mass is 394 g/mol. The fraction of sp³-hybridized carbons (Fsp3) is 0.333. The summed E-state index contributed by atoms with van der Waals surface area (Å²) in [4.78, 5) is 11.0. The van der Waals surface area contributed by atoms with Gasteiger partial charge in [0.05, 0.1) is 6.33 Å². The second-order valence-electron chi connectivity index (χ2n) is 6.48. The number of benzene rings is 1. The van der Waals surface area contributed by atoms with Crippen LogP contribution in [0.2, 0.25) is 0 Å². The highest BCUT2D eigenvalue weighted by Gasteiger charge is 2.42. The summed E-state index contributed by atoms with van der Waals surface area (Å²) >= 11 is 0. The quantitative estimate of drug-likeness (QED) is 0.814. The van der Waals surface area contributed by atoms with Crippen LogP contribution in [-0.2, 0) is 0 Å². The molecule has 1 unspecified atom stereocenters. The van der Waals surface area contributed by atoms with Crippen LogP contribution in [0, 0.1) is 5.82 Å².